The Morgan fingerprint density at radius 2 is 1.78 bits per heavy atom. The zero-order valence-electron chi connectivity index (χ0n) is 12.5. The monoisotopic (exact) mass is 327 g/mol. The zero-order valence-corrected chi connectivity index (χ0v) is 13.3. The van der Waals surface area contributed by atoms with Crippen molar-refractivity contribution in [3.8, 4) is 0 Å². The molecule has 0 bridgehead atoms. The average Bonchev–Trinajstić information content (AvgIpc) is 2.85. The summed E-state index contributed by atoms with van der Waals surface area (Å²) in [6.07, 6.45) is 0.553. The Balaban J connectivity index is 2.08. The largest absolute Gasteiger partial charge is 0.606 e. The lowest BCUT2D eigenvalue weighted by Gasteiger charge is -2.14. The molecule has 0 saturated heterocycles. The standard InChI is InChI=1S/C18H17NO3S/c20-12-6-11-19-16(13-7-2-1-3-8-13)18-17(21)14-9-4-5-10-15(14)23(18)22/h1-5,7-10,19-20H,6,11-12H2. The van der Waals surface area contributed by atoms with Gasteiger partial charge < -0.3 is 15.0 Å². The molecule has 0 aliphatic carbocycles. The van der Waals surface area contributed by atoms with E-state index in [1.807, 2.05) is 30.3 Å². The van der Waals surface area contributed by atoms with Gasteiger partial charge in [0.2, 0.25) is 10.7 Å². The van der Waals surface area contributed by atoms with Gasteiger partial charge in [0.15, 0.2) is 4.90 Å². The molecule has 1 aliphatic rings. The minimum atomic E-state index is -1.50. The second-order valence-electron chi connectivity index (χ2n) is 5.17. The molecule has 0 radical (unpaired) electrons. The van der Waals surface area contributed by atoms with E-state index in [1.165, 1.54) is 0 Å². The number of fused-ring (bicyclic) bond motifs is 1. The normalized spacial score (nSPS) is 18.7. The molecule has 0 fully saturated rings. The topological polar surface area (TPSA) is 72.4 Å². The van der Waals surface area contributed by atoms with E-state index in [0.29, 0.717) is 29.1 Å². The number of aliphatic hydroxyl groups excluding tert-OH is 1. The summed E-state index contributed by atoms with van der Waals surface area (Å²) >= 11 is -1.50. The van der Waals surface area contributed by atoms with Gasteiger partial charge in [0, 0.05) is 29.9 Å². The van der Waals surface area contributed by atoms with Crippen molar-refractivity contribution in [1.82, 2.24) is 5.32 Å². The Hall–Kier alpha value is -2.08. The van der Waals surface area contributed by atoms with Crippen LogP contribution < -0.4 is 5.32 Å². The molecule has 0 saturated carbocycles. The van der Waals surface area contributed by atoms with E-state index in [0.717, 1.165) is 5.56 Å². The molecule has 1 heterocycles. The molecule has 3 rings (SSSR count). The van der Waals surface area contributed by atoms with Crippen LogP contribution in [0.25, 0.3) is 5.70 Å². The van der Waals surface area contributed by atoms with Gasteiger partial charge in [0.05, 0.1) is 5.56 Å². The summed E-state index contributed by atoms with van der Waals surface area (Å²) in [6, 6.07) is 16.4. The number of ketones is 1. The van der Waals surface area contributed by atoms with Gasteiger partial charge >= 0.3 is 0 Å². The molecular formula is C18H17NO3S. The summed E-state index contributed by atoms with van der Waals surface area (Å²) in [5, 5.41) is 12.2. The third-order valence-electron chi connectivity index (χ3n) is 3.65. The predicted molar refractivity (Wildman–Crippen MR) is 90.2 cm³/mol. The van der Waals surface area contributed by atoms with E-state index in [2.05, 4.69) is 5.32 Å². The first-order valence-corrected chi connectivity index (χ1v) is 8.59. The molecule has 1 aliphatic heterocycles. The summed E-state index contributed by atoms with van der Waals surface area (Å²) in [7, 11) is 0. The summed E-state index contributed by atoms with van der Waals surface area (Å²) in [4.78, 5) is 13.6. The minimum absolute atomic E-state index is 0.0572. The Morgan fingerprint density at radius 1 is 1.09 bits per heavy atom. The Bertz CT molecular complexity index is 743. The molecule has 118 valence electrons. The first-order valence-electron chi connectivity index (χ1n) is 7.44. The molecule has 0 spiro atoms. The number of carbonyl (C=O) groups is 1. The van der Waals surface area contributed by atoms with Crippen LogP contribution in [0.5, 0.6) is 0 Å². The van der Waals surface area contributed by atoms with Gasteiger partial charge in [-0.2, -0.15) is 0 Å². The van der Waals surface area contributed by atoms with Crippen molar-refractivity contribution in [3.05, 3.63) is 70.6 Å². The number of carbonyl (C=O) groups excluding carboxylic acids is 1. The number of aliphatic hydroxyl groups is 1. The number of allylic oxidation sites excluding steroid dienone is 1. The third kappa shape index (κ3) is 3.03. The highest BCUT2D eigenvalue weighted by atomic mass is 32.2. The van der Waals surface area contributed by atoms with E-state index < -0.39 is 11.2 Å². The van der Waals surface area contributed by atoms with Gasteiger partial charge in [-0.1, -0.05) is 42.5 Å². The van der Waals surface area contributed by atoms with Crippen LogP contribution in [-0.4, -0.2) is 28.6 Å². The van der Waals surface area contributed by atoms with Crippen molar-refractivity contribution in [3.63, 3.8) is 0 Å². The third-order valence-corrected chi connectivity index (χ3v) is 5.17. The van der Waals surface area contributed by atoms with Crippen molar-refractivity contribution in [1.29, 1.82) is 0 Å². The Kier molecular flexibility index (Phi) is 4.81. The second-order valence-corrected chi connectivity index (χ2v) is 6.55. The number of hydrogen-bond donors (Lipinski definition) is 2. The van der Waals surface area contributed by atoms with Crippen LogP contribution >= 0.6 is 0 Å². The van der Waals surface area contributed by atoms with Crippen LogP contribution in [-0.2, 0) is 11.2 Å². The van der Waals surface area contributed by atoms with E-state index in [9.17, 15) is 9.35 Å². The second kappa shape index (κ2) is 7.00. The van der Waals surface area contributed by atoms with E-state index in [4.69, 9.17) is 5.11 Å². The van der Waals surface area contributed by atoms with Crippen LogP contribution in [0.2, 0.25) is 0 Å². The molecule has 4 nitrogen and oxygen atoms in total. The lowest BCUT2D eigenvalue weighted by molar-refractivity contribution is 0.104. The Morgan fingerprint density at radius 3 is 2.48 bits per heavy atom. The minimum Gasteiger partial charge on any atom is -0.606 e. The van der Waals surface area contributed by atoms with Crippen LogP contribution in [0.3, 0.4) is 0 Å². The summed E-state index contributed by atoms with van der Waals surface area (Å²) in [5.41, 5.74) is 1.90. The molecule has 23 heavy (non-hydrogen) atoms. The van der Waals surface area contributed by atoms with Gasteiger partial charge in [-0.3, -0.25) is 4.79 Å². The zero-order chi connectivity index (χ0) is 16.2. The molecule has 2 N–H and O–H groups in total. The van der Waals surface area contributed by atoms with Crippen molar-refractivity contribution in [2.45, 2.75) is 11.3 Å². The smallest absolute Gasteiger partial charge is 0.248 e. The van der Waals surface area contributed by atoms with E-state index in [-0.39, 0.29) is 17.3 Å². The number of hydrogen-bond acceptors (Lipinski definition) is 4. The van der Waals surface area contributed by atoms with Crippen LogP contribution in [0, 0.1) is 0 Å². The quantitative estimate of drug-likeness (QED) is 0.502. The molecule has 5 heteroatoms. The van der Waals surface area contributed by atoms with Gasteiger partial charge in [-0.15, -0.1) is 0 Å². The lowest BCUT2D eigenvalue weighted by atomic mass is 10.1. The maximum Gasteiger partial charge on any atom is 0.248 e. The number of benzene rings is 2. The fourth-order valence-corrected chi connectivity index (χ4v) is 3.99. The summed E-state index contributed by atoms with van der Waals surface area (Å²) < 4.78 is 12.8. The molecule has 0 amide bonds. The average molecular weight is 327 g/mol. The van der Waals surface area contributed by atoms with Crippen molar-refractivity contribution in [2.75, 3.05) is 13.2 Å². The molecule has 0 aromatic heterocycles. The number of Topliss-reactive ketones (excluding diaryl/α,β-unsaturated/α-hetero) is 1. The van der Waals surface area contributed by atoms with E-state index >= 15 is 0 Å². The van der Waals surface area contributed by atoms with Crippen LogP contribution in [0.4, 0.5) is 0 Å². The summed E-state index contributed by atoms with van der Waals surface area (Å²) in [6.45, 7) is 0.562. The SMILES string of the molecule is O=C1C(=C(NCCCO)c2ccccc2)[S+]([O-])c2ccccc21. The van der Waals surface area contributed by atoms with Gasteiger partial charge in [0.25, 0.3) is 0 Å². The molecule has 2 aromatic carbocycles. The highest BCUT2D eigenvalue weighted by Crippen LogP contribution is 2.37. The van der Waals surface area contributed by atoms with Crippen molar-refractivity contribution < 1.29 is 14.5 Å². The maximum atomic E-state index is 12.8. The van der Waals surface area contributed by atoms with Gasteiger partial charge in [-0.25, -0.2) is 0 Å². The van der Waals surface area contributed by atoms with Crippen LogP contribution in [0.1, 0.15) is 22.3 Å². The fraction of sp³-hybridized carbons (Fsp3) is 0.167. The van der Waals surface area contributed by atoms with Crippen molar-refractivity contribution in [2.24, 2.45) is 0 Å². The summed E-state index contributed by atoms with van der Waals surface area (Å²) in [5.74, 6) is -0.200. The first-order chi connectivity index (χ1) is 11.2. The fourth-order valence-electron chi connectivity index (χ4n) is 2.55. The van der Waals surface area contributed by atoms with Gasteiger partial charge in [0.1, 0.15) is 5.70 Å². The lowest BCUT2D eigenvalue weighted by Crippen LogP contribution is -2.20. The maximum absolute atomic E-state index is 12.8. The molecule has 1 atom stereocenters. The predicted octanol–water partition coefficient (Wildman–Crippen LogP) is 2.33. The van der Waals surface area contributed by atoms with E-state index in [1.54, 1.807) is 24.3 Å². The van der Waals surface area contributed by atoms with Crippen LogP contribution in [0.15, 0.2) is 64.4 Å². The highest BCUT2D eigenvalue weighted by Gasteiger charge is 2.41. The number of nitrogens with one attached hydrogen (secondary N) is 1. The highest BCUT2D eigenvalue weighted by molar-refractivity contribution is 7.97. The molecule has 1 unspecified atom stereocenters. The molecule has 2 aromatic rings. The van der Waals surface area contributed by atoms with Crippen molar-refractivity contribution >= 4 is 22.7 Å². The van der Waals surface area contributed by atoms with Gasteiger partial charge in [-0.05, 0) is 18.6 Å². The molecular weight excluding hydrogens is 310 g/mol. The Labute approximate surface area is 138 Å². The first kappa shape index (κ1) is 15.8. The number of rotatable bonds is 5.